The van der Waals surface area contributed by atoms with Gasteiger partial charge >= 0.3 is 0 Å². The molecular formula is C16H18ClNOS. The third kappa shape index (κ3) is 2.85. The number of ether oxygens (including phenoxy) is 1. The first kappa shape index (κ1) is 13.9. The van der Waals surface area contributed by atoms with Gasteiger partial charge in [-0.1, -0.05) is 30.7 Å². The first-order chi connectivity index (χ1) is 9.78. The highest BCUT2D eigenvalue weighted by Crippen LogP contribution is 2.34. The SMILES string of the molecule is CCCNC(c1ccc2c(c1)CCO2)c1ccc(Cl)s1. The summed E-state index contributed by atoms with van der Waals surface area (Å²) in [6.07, 6.45) is 2.12. The lowest BCUT2D eigenvalue weighted by atomic mass is 10.0. The van der Waals surface area contributed by atoms with Crippen molar-refractivity contribution in [2.24, 2.45) is 0 Å². The summed E-state index contributed by atoms with van der Waals surface area (Å²) in [5.74, 6) is 1.03. The molecule has 1 aliphatic heterocycles. The van der Waals surface area contributed by atoms with E-state index in [1.807, 2.05) is 6.07 Å². The Morgan fingerprint density at radius 3 is 3.00 bits per heavy atom. The molecule has 1 aromatic carbocycles. The third-order valence-electron chi connectivity index (χ3n) is 3.52. The van der Waals surface area contributed by atoms with E-state index in [9.17, 15) is 0 Å². The summed E-state index contributed by atoms with van der Waals surface area (Å²) in [6, 6.07) is 10.8. The van der Waals surface area contributed by atoms with Crippen molar-refractivity contribution in [1.29, 1.82) is 0 Å². The molecule has 1 aromatic heterocycles. The van der Waals surface area contributed by atoms with E-state index in [0.717, 1.165) is 36.1 Å². The van der Waals surface area contributed by atoms with Crippen molar-refractivity contribution < 1.29 is 4.74 Å². The van der Waals surface area contributed by atoms with E-state index in [4.69, 9.17) is 16.3 Å². The van der Waals surface area contributed by atoms with Crippen LogP contribution in [0.25, 0.3) is 0 Å². The summed E-state index contributed by atoms with van der Waals surface area (Å²) < 4.78 is 6.43. The number of fused-ring (bicyclic) bond motifs is 1. The van der Waals surface area contributed by atoms with Gasteiger partial charge in [0.15, 0.2) is 0 Å². The second-order valence-electron chi connectivity index (χ2n) is 4.99. The highest BCUT2D eigenvalue weighted by molar-refractivity contribution is 7.16. The van der Waals surface area contributed by atoms with E-state index in [2.05, 4.69) is 36.5 Å². The van der Waals surface area contributed by atoms with Crippen molar-refractivity contribution in [2.45, 2.75) is 25.8 Å². The third-order valence-corrected chi connectivity index (χ3v) is 4.82. The second kappa shape index (κ2) is 6.17. The molecule has 0 bridgehead atoms. The standard InChI is InChI=1S/C16H18ClNOS/c1-2-8-18-16(14-5-6-15(17)20-14)12-3-4-13-11(10-12)7-9-19-13/h3-6,10,16,18H,2,7-9H2,1H3. The Balaban J connectivity index is 1.92. The molecule has 0 amide bonds. The first-order valence-corrected chi connectivity index (χ1v) is 8.21. The summed E-state index contributed by atoms with van der Waals surface area (Å²) in [7, 11) is 0. The minimum Gasteiger partial charge on any atom is -0.493 e. The van der Waals surface area contributed by atoms with Gasteiger partial charge in [-0.2, -0.15) is 0 Å². The highest BCUT2D eigenvalue weighted by Gasteiger charge is 2.19. The molecule has 2 heterocycles. The minimum absolute atomic E-state index is 0.221. The van der Waals surface area contributed by atoms with Gasteiger partial charge in [-0.25, -0.2) is 0 Å². The van der Waals surface area contributed by atoms with E-state index >= 15 is 0 Å². The van der Waals surface area contributed by atoms with Crippen LogP contribution in [0.4, 0.5) is 0 Å². The summed E-state index contributed by atoms with van der Waals surface area (Å²) in [5, 5.41) is 3.62. The smallest absolute Gasteiger partial charge is 0.122 e. The lowest BCUT2D eigenvalue weighted by Gasteiger charge is -2.18. The predicted octanol–water partition coefficient (Wildman–Crippen LogP) is 4.43. The van der Waals surface area contributed by atoms with Crippen LogP contribution in [0, 0.1) is 0 Å². The molecule has 106 valence electrons. The second-order valence-corrected chi connectivity index (χ2v) is 6.74. The van der Waals surface area contributed by atoms with E-state index in [1.165, 1.54) is 16.0 Å². The van der Waals surface area contributed by atoms with Crippen molar-refractivity contribution >= 4 is 22.9 Å². The van der Waals surface area contributed by atoms with E-state index < -0.39 is 0 Å². The van der Waals surface area contributed by atoms with Crippen LogP contribution in [0.1, 0.15) is 35.4 Å². The number of rotatable bonds is 5. The maximum absolute atomic E-state index is 6.09. The average Bonchev–Trinajstić information content (AvgIpc) is 3.07. The van der Waals surface area contributed by atoms with Gasteiger partial charge in [-0.3, -0.25) is 0 Å². The van der Waals surface area contributed by atoms with Crippen molar-refractivity contribution in [3.8, 4) is 5.75 Å². The fourth-order valence-electron chi connectivity index (χ4n) is 2.54. The number of thiophene rings is 1. The molecule has 0 saturated heterocycles. The molecule has 0 fully saturated rings. The Bertz CT molecular complexity index is 596. The van der Waals surface area contributed by atoms with Gasteiger partial charge in [-0.15, -0.1) is 11.3 Å². The van der Waals surface area contributed by atoms with Crippen LogP contribution in [0.15, 0.2) is 30.3 Å². The summed E-state index contributed by atoms with van der Waals surface area (Å²) in [6.45, 7) is 3.98. The summed E-state index contributed by atoms with van der Waals surface area (Å²) in [5.41, 5.74) is 2.61. The van der Waals surface area contributed by atoms with Crippen LogP contribution in [-0.2, 0) is 6.42 Å². The molecule has 3 rings (SSSR count). The molecule has 0 aliphatic carbocycles. The predicted molar refractivity (Wildman–Crippen MR) is 85.1 cm³/mol. The zero-order valence-electron chi connectivity index (χ0n) is 11.5. The molecular weight excluding hydrogens is 290 g/mol. The van der Waals surface area contributed by atoms with Gasteiger partial charge in [0, 0.05) is 11.3 Å². The normalized spacial score (nSPS) is 14.9. The monoisotopic (exact) mass is 307 g/mol. The Morgan fingerprint density at radius 2 is 2.25 bits per heavy atom. The van der Waals surface area contributed by atoms with Crippen LogP contribution < -0.4 is 10.1 Å². The maximum Gasteiger partial charge on any atom is 0.122 e. The fraction of sp³-hybridized carbons (Fsp3) is 0.375. The van der Waals surface area contributed by atoms with Crippen molar-refractivity contribution in [1.82, 2.24) is 5.32 Å². The number of hydrogen-bond acceptors (Lipinski definition) is 3. The van der Waals surface area contributed by atoms with Gasteiger partial charge in [0.25, 0.3) is 0 Å². The average molecular weight is 308 g/mol. The Labute approximate surface area is 128 Å². The Kier molecular flexibility index (Phi) is 4.29. The van der Waals surface area contributed by atoms with Gasteiger partial charge in [0.05, 0.1) is 17.0 Å². The molecule has 0 saturated carbocycles. The van der Waals surface area contributed by atoms with Crippen LogP contribution in [0.5, 0.6) is 5.75 Å². The molecule has 0 spiro atoms. The lowest BCUT2D eigenvalue weighted by molar-refractivity contribution is 0.357. The van der Waals surface area contributed by atoms with Crippen LogP contribution in [0.2, 0.25) is 4.34 Å². The molecule has 1 atom stereocenters. The fourth-order valence-corrected chi connectivity index (χ4v) is 3.71. The van der Waals surface area contributed by atoms with E-state index in [0.29, 0.717) is 0 Å². The zero-order valence-corrected chi connectivity index (χ0v) is 13.1. The maximum atomic E-state index is 6.09. The quantitative estimate of drug-likeness (QED) is 0.882. The van der Waals surface area contributed by atoms with Gasteiger partial charge < -0.3 is 10.1 Å². The molecule has 2 aromatic rings. The number of nitrogens with one attached hydrogen (secondary N) is 1. The van der Waals surface area contributed by atoms with Gasteiger partial charge in [0.2, 0.25) is 0 Å². The molecule has 1 N–H and O–H groups in total. The summed E-state index contributed by atoms with van der Waals surface area (Å²) >= 11 is 7.74. The number of benzene rings is 1. The van der Waals surface area contributed by atoms with Crippen molar-refractivity contribution in [3.63, 3.8) is 0 Å². The molecule has 1 aliphatic rings. The lowest BCUT2D eigenvalue weighted by Crippen LogP contribution is -2.22. The molecule has 2 nitrogen and oxygen atoms in total. The number of hydrogen-bond donors (Lipinski definition) is 1. The zero-order chi connectivity index (χ0) is 13.9. The Morgan fingerprint density at radius 1 is 1.35 bits per heavy atom. The van der Waals surface area contributed by atoms with Crippen LogP contribution in [-0.4, -0.2) is 13.2 Å². The highest BCUT2D eigenvalue weighted by atomic mass is 35.5. The molecule has 20 heavy (non-hydrogen) atoms. The van der Waals surface area contributed by atoms with Crippen LogP contribution >= 0.6 is 22.9 Å². The van der Waals surface area contributed by atoms with E-state index in [1.54, 1.807) is 11.3 Å². The van der Waals surface area contributed by atoms with Gasteiger partial charge in [-0.05, 0) is 42.3 Å². The van der Waals surface area contributed by atoms with Crippen molar-refractivity contribution in [3.05, 3.63) is 50.7 Å². The summed E-state index contributed by atoms with van der Waals surface area (Å²) in [4.78, 5) is 1.27. The first-order valence-electron chi connectivity index (χ1n) is 7.02. The van der Waals surface area contributed by atoms with Crippen LogP contribution in [0.3, 0.4) is 0 Å². The molecule has 4 heteroatoms. The molecule has 0 radical (unpaired) electrons. The number of halogens is 1. The molecule has 1 unspecified atom stereocenters. The largest absolute Gasteiger partial charge is 0.493 e. The van der Waals surface area contributed by atoms with E-state index in [-0.39, 0.29) is 6.04 Å². The minimum atomic E-state index is 0.221. The van der Waals surface area contributed by atoms with Crippen molar-refractivity contribution in [2.75, 3.05) is 13.2 Å². The Hall–Kier alpha value is -1.03. The topological polar surface area (TPSA) is 21.3 Å². The van der Waals surface area contributed by atoms with Gasteiger partial charge in [0.1, 0.15) is 5.75 Å².